The standard InChI is InChI=1S/C15H26N2O3/c1-9(14(15(19)16-3)17-10(2)18)20-8-13-7-11-4-5-12(13)6-11/h9,11-14H,4-8H2,1-3H3,(H,16,19)(H,17,18)/t9?,11?,12-,13?,14?/m1/s1. The first-order chi connectivity index (χ1) is 9.51. The Labute approximate surface area is 120 Å². The Morgan fingerprint density at radius 3 is 2.55 bits per heavy atom. The van der Waals surface area contributed by atoms with Gasteiger partial charge in [0.2, 0.25) is 11.8 Å². The van der Waals surface area contributed by atoms with Crippen molar-refractivity contribution in [3.63, 3.8) is 0 Å². The number of carbonyl (C=O) groups excluding carboxylic acids is 2. The highest BCUT2D eigenvalue weighted by molar-refractivity contribution is 5.87. The summed E-state index contributed by atoms with van der Waals surface area (Å²) in [6.45, 7) is 3.97. The average molecular weight is 282 g/mol. The summed E-state index contributed by atoms with van der Waals surface area (Å²) in [7, 11) is 1.57. The van der Waals surface area contributed by atoms with Gasteiger partial charge < -0.3 is 15.4 Å². The van der Waals surface area contributed by atoms with Crippen molar-refractivity contribution in [2.24, 2.45) is 17.8 Å². The van der Waals surface area contributed by atoms with Crippen LogP contribution in [-0.2, 0) is 14.3 Å². The van der Waals surface area contributed by atoms with Gasteiger partial charge in [-0.3, -0.25) is 9.59 Å². The van der Waals surface area contributed by atoms with E-state index in [2.05, 4.69) is 10.6 Å². The van der Waals surface area contributed by atoms with Crippen molar-refractivity contribution < 1.29 is 14.3 Å². The zero-order valence-corrected chi connectivity index (χ0v) is 12.6. The molecule has 2 saturated carbocycles. The number of hydrogen-bond acceptors (Lipinski definition) is 3. The van der Waals surface area contributed by atoms with Crippen LogP contribution < -0.4 is 10.6 Å². The lowest BCUT2D eigenvalue weighted by atomic mass is 9.89. The molecule has 2 rings (SSSR count). The molecule has 5 atom stereocenters. The Morgan fingerprint density at radius 1 is 1.30 bits per heavy atom. The molecule has 0 spiro atoms. The van der Waals surface area contributed by atoms with Gasteiger partial charge in [-0.15, -0.1) is 0 Å². The van der Waals surface area contributed by atoms with Gasteiger partial charge >= 0.3 is 0 Å². The molecule has 20 heavy (non-hydrogen) atoms. The van der Waals surface area contributed by atoms with E-state index >= 15 is 0 Å². The molecule has 0 saturated heterocycles. The van der Waals surface area contributed by atoms with Crippen LogP contribution in [0.1, 0.15) is 39.5 Å². The van der Waals surface area contributed by atoms with E-state index in [-0.39, 0.29) is 17.9 Å². The van der Waals surface area contributed by atoms with Gasteiger partial charge in [0.1, 0.15) is 6.04 Å². The van der Waals surface area contributed by atoms with Gasteiger partial charge in [-0.25, -0.2) is 0 Å². The lowest BCUT2D eigenvalue weighted by molar-refractivity contribution is -0.132. The number of carbonyl (C=O) groups is 2. The molecule has 2 N–H and O–H groups in total. The maximum atomic E-state index is 11.8. The molecule has 2 bridgehead atoms. The van der Waals surface area contributed by atoms with Crippen LogP contribution >= 0.6 is 0 Å². The molecule has 5 nitrogen and oxygen atoms in total. The largest absolute Gasteiger partial charge is 0.376 e. The minimum Gasteiger partial charge on any atom is -0.376 e. The summed E-state index contributed by atoms with van der Waals surface area (Å²) >= 11 is 0. The molecule has 2 aliphatic rings. The topological polar surface area (TPSA) is 67.4 Å². The second kappa shape index (κ2) is 6.57. The van der Waals surface area contributed by atoms with Crippen LogP contribution in [0, 0.1) is 17.8 Å². The van der Waals surface area contributed by atoms with Crippen LogP contribution in [-0.4, -0.2) is 37.6 Å². The van der Waals surface area contributed by atoms with E-state index in [9.17, 15) is 9.59 Å². The Hall–Kier alpha value is -1.10. The highest BCUT2D eigenvalue weighted by Gasteiger charge is 2.40. The number of rotatable bonds is 6. The van der Waals surface area contributed by atoms with Crippen molar-refractivity contribution in [1.82, 2.24) is 10.6 Å². The molecular weight excluding hydrogens is 256 g/mol. The van der Waals surface area contributed by atoms with Crippen LogP contribution in [0.15, 0.2) is 0 Å². The first kappa shape index (κ1) is 15.3. The molecule has 0 aromatic heterocycles. The zero-order chi connectivity index (χ0) is 14.7. The molecule has 0 aliphatic heterocycles. The van der Waals surface area contributed by atoms with Crippen LogP contribution in [0.4, 0.5) is 0 Å². The second-order valence-corrected chi connectivity index (χ2v) is 6.27. The third-order valence-corrected chi connectivity index (χ3v) is 4.81. The molecule has 5 heteroatoms. The van der Waals surface area contributed by atoms with E-state index in [4.69, 9.17) is 4.74 Å². The van der Waals surface area contributed by atoms with Crippen molar-refractivity contribution in [3.05, 3.63) is 0 Å². The number of likely N-dealkylation sites (N-methyl/N-ethyl adjacent to an activating group) is 1. The third kappa shape index (κ3) is 3.51. The van der Waals surface area contributed by atoms with Gasteiger partial charge in [0.15, 0.2) is 0 Å². The maximum Gasteiger partial charge on any atom is 0.245 e. The van der Waals surface area contributed by atoms with E-state index < -0.39 is 6.04 Å². The van der Waals surface area contributed by atoms with Gasteiger partial charge in [-0.2, -0.15) is 0 Å². The average Bonchev–Trinajstić information content (AvgIpc) is 3.03. The molecule has 4 unspecified atom stereocenters. The normalized spacial score (nSPS) is 30.9. The van der Waals surface area contributed by atoms with Crippen molar-refractivity contribution in [1.29, 1.82) is 0 Å². The predicted octanol–water partition coefficient (Wildman–Crippen LogP) is 1.08. The minimum absolute atomic E-state index is 0.208. The molecule has 0 aromatic rings. The summed E-state index contributed by atoms with van der Waals surface area (Å²) in [5.41, 5.74) is 0. The van der Waals surface area contributed by atoms with Gasteiger partial charge in [-0.1, -0.05) is 6.42 Å². The van der Waals surface area contributed by atoms with E-state index in [1.54, 1.807) is 7.05 Å². The molecule has 114 valence electrons. The van der Waals surface area contributed by atoms with Crippen LogP contribution in [0.25, 0.3) is 0 Å². The van der Waals surface area contributed by atoms with Gasteiger partial charge in [0, 0.05) is 14.0 Å². The van der Waals surface area contributed by atoms with Crippen LogP contribution in [0.2, 0.25) is 0 Å². The Kier molecular flexibility index (Phi) is 5.02. The lowest BCUT2D eigenvalue weighted by Gasteiger charge is -2.27. The molecule has 0 aromatic carbocycles. The number of hydrogen-bond donors (Lipinski definition) is 2. The first-order valence-corrected chi connectivity index (χ1v) is 7.61. The van der Waals surface area contributed by atoms with E-state index in [1.165, 1.54) is 32.6 Å². The molecule has 0 heterocycles. The summed E-state index contributed by atoms with van der Waals surface area (Å²) < 4.78 is 5.89. The Morgan fingerprint density at radius 2 is 2.05 bits per heavy atom. The summed E-state index contributed by atoms with van der Waals surface area (Å²) in [5, 5.41) is 5.24. The summed E-state index contributed by atoms with van der Waals surface area (Å²) in [4.78, 5) is 23.0. The zero-order valence-electron chi connectivity index (χ0n) is 12.6. The summed E-state index contributed by atoms with van der Waals surface area (Å²) in [5.74, 6) is 1.92. The molecular formula is C15H26N2O3. The number of nitrogens with one attached hydrogen (secondary N) is 2. The number of ether oxygens (including phenoxy) is 1. The lowest BCUT2D eigenvalue weighted by Crippen LogP contribution is -2.52. The predicted molar refractivity (Wildman–Crippen MR) is 76.0 cm³/mol. The summed E-state index contributed by atoms with van der Waals surface area (Å²) in [6, 6.07) is -0.615. The fourth-order valence-corrected chi connectivity index (χ4v) is 3.72. The fraction of sp³-hybridized carbons (Fsp3) is 0.867. The van der Waals surface area contributed by atoms with Crippen LogP contribution in [0.5, 0.6) is 0 Å². The van der Waals surface area contributed by atoms with Gasteiger partial charge in [-0.05, 0) is 43.9 Å². The maximum absolute atomic E-state index is 11.8. The molecule has 2 amide bonds. The number of fused-ring (bicyclic) bond motifs is 2. The van der Waals surface area contributed by atoms with Gasteiger partial charge in [0.05, 0.1) is 12.7 Å². The summed E-state index contributed by atoms with van der Waals surface area (Å²) in [6.07, 6.45) is 5.02. The third-order valence-electron chi connectivity index (χ3n) is 4.81. The van der Waals surface area contributed by atoms with Crippen molar-refractivity contribution >= 4 is 11.8 Å². The quantitative estimate of drug-likeness (QED) is 0.766. The van der Waals surface area contributed by atoms with Crippen LogP contribution in [0.3, 0.4) is 0 Å². The number of amides is 2. The Balaban J connectivity index is 1.83. The Bertz CT molecular complexity index is 372. The van der Waals surface area contributed by atoms with E-state index in [0.29, 0.717) is 12.5 Å². The SMILES string of the molecule is CNC(=O)C(NC(C)=O)C(C)OCC1CC2CC[C@@H]1C2. The highest BCUT2D eigenvalue weighted by Crippen LogP contribution is 2.48. The molecule has 0 radical (unpaired) electrons. The smallest absolute Gasteiger partial charge is 0.245 e. The first-order valence-electron chi connectivity index (χ1n) is 7.61. The monoisotopic (exact) mass is 282 g/mol. The molecule has 2 fully saturated rings. The minimum atomic E-state index is -0.615. The molecule has 2 aliphatic carbocycles. The van der Waals surface area contributed by atoms with E-state index in [1.807, 2.05) is 6.92 Å². The van der Waals surface area contributed by atoms with E-state index in [0.717, 1.165) is 11.8 Å². The second-order valence-electron chi connectivity index (χ2n) is 6.27. The fourth-order valence-electron chi connectivity index (χ4n) is 3.72. The van der Waals surface area contributed by atoms with Crippen molar-refractivity contribution in [3.8, 4) is 0 Å². The highest BCUT2D eigenvalue weighted by atomic mass is 16.5. The van der Waals surface area contributed by atoms with Crippen molar-refractivity contribution in [2.45, 2.75) is 51.7 Å². The van der Waals surface area contributed by atoms with Crippen molar-refractivity contribution in [2.75, 3.05) is 13.7 Å². The van der Waals surface area contributed by atoms with Gasteiger partial charge in [0.25, 0.3) is 0 Å².